The molecule has 1 N–H and O–H groups in total. The van der Waals surface area contributed by atoms with Gasteiger partial charge in [0.1, 0.15) is 5.60 Å². The van der Waals surface area contributed by atoms with Crippen molar-refractivity contribution in [1.29, 1.82) is 0 Å². The van der Waals surface area contributed by atoms with Crippen molar-refractivity contribution in [2.75, 3.05) is 13.7 Å². The fraction of sp³-hybridized carbons (Fsp3) is 0.375. The lowest BCUT2D eigenvalue weighted by Crippen LogP contribution is -2.32. The SMILES string of the molecule is COC(=O)c1cccc(C=CCNC(=O)OC(C)(C)C)c1. The van der Waals surface area contributed by atoms with E-state index in [9.17, 15) is 9.59 Å². The highest BCUT2D eigenvalue weighted by molar-refractivity contribution is 5.90. The third-order valence-corrected chi connectivity index (χ3v) is 2.38. The van der Waals surface area contributed by atoms with Gasteiger partial charge in [0.25, 0.3) is 0 Å². The Kier molecular flexibility index (Phi) is 5.96. The molecule has 5 heteroatoms. The number of carbonyl (C=O) groups is 2. The van der Waals surface area contributed by atoms with Crippen molar-refractivity contribution in [3.05, 3.63) is 41.5 Å². The number of benzene rings is 1. The second-order valence-corrected chi connectivity index (χ2v) is 5.40. The number of nitrogens with one attached hydrogen (secondary N) is 1. The molecule has 0 fully saturated rings. The first-order chi connectivity index (χ1) is 9.81. The molecule has 0 aliphatic heterocycles. The predicted octanol–water partition coefficient (Wildman–Crippen LogP) is 3.01. The summed E-state index contributed by atoms with van der Waals surface area (Å²) in [5.41, 5.74) is 0.825. The molecule has 0 aliphatic rings. The molecule has 0 radical (unpaired) electrons. The van der Waals surface area contributed by atoms with Crippen LogP contribution in [0.1, 0.15) is 36.7 Å². The average Bonchev–Trinajstić information content (AvgIpc) is 2.41. The molecule has 21 heavy (non-hydrogen) atoms. The highest BCUT2D eigenvalue weighted by atomic mass is 16.6. The summed E-state index contributed by atoms with van der Waals surface area (Å²) >= 11 is 0. The van der Waals surface area contributed by atoms with Gasteiger partial charge in [-0.1, -0.05) is 24.3 Å². The quantitative estimate of drug-likeness (QED) is 0.866. The number of hydrogen-bond acceptors (Lipinski definition) is 4. The van der Waals surface area contributed by atoms with E-state index in [0.717, 1.165) is 5.56 Å². The van der Waals surface area contributed by atoms with Gasteiger partial charge in [0.15, 0.2) is 0 Å². The number of amides is 1. The summed E-state index contributed by atoms with van der Waals surface area (Å²) in [6, 6.07) is 7.03. The molecule has 0 spiro atoms. The van der Waals surface area contributed by atoms with Crippen LogP contribution in [0.4, 0.5) is 4.79 Å². The van der Waals surface area contributed by atoms with Crippen LogP contribution in [0.25, 0.3) is 6.08 Å². The van der Waals surface area contributed by atoms with Gasteiger partial charge in [-0.2, -0.15) is 0 Å². The van der Waals surface area contributed by atoms with E-state index in [2.05, 4.69) is 10.1 Å². The molecule has 0 heterocycles. The van der Waals surface area contributed by atoms with E-state index in [0.29, 0.717) is 12.1 Å². The maximum Gasteiger partial charge on any atom is 0.407 e. The summed E-state index contributed by atoms with van der Waals surface area (Å²) in [6.07, 6.45) is 3.12. The summed E-state index contributed by atoms with van der Waals surface area (Å²) < 4.78 is 9.77. The highest BCUT2D eigenvalue weighted by Gasteiger charge is 2.14. The summed E-state index contributed by atoms with van der Waals surface area (Å²) in [6.45, 7) is 5.76. The second kappa shape index (κ2) is 7.47. The number of hydrogen-bond donors (Lipinski definition) is 1. The van der Waals surface area contributed by atoms with Gasteiger partial charge >= 0.3 is 12.1 Å². The van der Waals surface area contributed by atoms with E-state index < -0.39 is 11.7 Å². The Morgan fingerprint density at radius 3 is 2.62 bits per heavy atom. The van der Waals surface area contributed by atoms with E-state index in [1.54, 1.807) is 45.0 Å². The van der Waals surface area contributed by atoms with Crippen LogP contribution in [-0.4, -0.2) is 31.3 Å². The van der Waals surface area contributed by atoms with Crippen molar-refractivity contribution in [3.63, 3.8) is 0 Å². The zero-order valence-electron chi connectivity index (χ0n) is 12.8. The third kappa shape index (κ3) is 6.61. The molecule has 0 unspecified atom stereocenters. The molecule has 0 aliphatic carbocycles. The number of methoxy groups -OCH3 is 1. The molecule has 0 saturated heterocycles. The van der Waals surface area contributed by atoms with E-state index >= 15 is 0 Å². The van der Waals surface area contributed by atoms with Crippen LogP contribution in [0.2, 0.25) is 0 Å². The van der Waals surface area contributed by atoms with Gasteiger partial charge in [-0.15, -0.1) is 0 Å². The van der Waals surface area contributed by atoms with Gasteiger partial charge in [-0.25, -0.2) is 9.59 Å². The van der Waals surface area contributed by atoms with Gasteiger partial charge < -0.3 is 14.8 Å². The third-order valence-electron chi connectivity index (χ3n) is 2.38. The summed E-state index contributed by atoms with van der Waals surface area (Å²) in [5, 5.41) is 2.62. The summed E-state index contributed by atoms with van der Waals surface area (Å²) in [4.78, 5) is 22.8. The van der Waals surface area contributed by atoms with Gasteiger partial charge in [-0.05, 0) is 38.5 Å². The van der Waals surface area contributed by atoms with E-state index in [4.69, 9.17) is 4.74 Å². The van der Waals surface area contributed by atoms with E-state index in [1.165, 1.54) is 7.11 Å². The van der Waals surface area contributed by atoms with E-state index in [-0.39, 0.29) is 5.97 Å². The molecule has 1 amide bonds. The van der Waals surface area contributed by atoms with Crippen molar-refractivity contribution >= 4 is 18.1 Å². The highest BCUT2D eigenvalue weighted by Crippen LogP contribution is 2.08. The zero-order chi connectivity index (χ0) is 15.9. The van der Waals surface area contributed by atoms with Gasteiger partial charge in [-0.3, -0.25) is 0 Å². The Labute approximate surface area is 124 Å². The van der Waals surface area contributed by atoms with Crippen LogP contribution in [0.15, 0.2) is 30.3 Å². The molecule has 0 saturated carbocycles. The maximum atomic E-state index is 11.4. The minimum atomic E-state index is -0.511. The summed E-state index contributed by atoms with van der Waals surface area (Å²) in [5.74, 6) is -0.378. The molecule has 5 nitrogen and oxygen atoms in total. The van der Waals surface area contributed by atoms with Crippen LogP contribution >= 0.6 is 0 Å². The molecule has 1 aromatic carbocycles. The molecule has 0 atom stereocenters. The van der Waals surface area contributed by atoms with E-state index in [1.807, 2.05) is 12.1 Å². The lowest BCUT2D eigenvalue weighted by molar-refractivity contribution is 0.0532. The van der Waals surface area contributed by atoms with Crippen molar-refractivity contribution in [2.45, 2.75) is 26.4 Å². The van der Waals surface area contributed by atoms with Crippen molar-refractivity contribution < 1.29 is 19.1 Å². The topological polar surface area (TPSA) is 64.6 Å². The van der Waals surface area contributed by atoms with Crippen molar-refractivity contribution in [3.8, 4) is 0 Å². The first kappa shape index (κ1) is 16.8. The molecule has 0 aromatic heterocycles. The Morgan fingerprint density at radius 2 is 2.00 bits per heavy atom. The number of rotatable bonds is 4. The molecule has 1 aromatic rings. The lowest BCUT2D eigenvalue weighted by atomic mass is 10.1. The van der Waals surface area contributed by atoms with Crippen molar-refractivity contribution in [1.82, 2.24) is 5.32 Å². The van der Waals surface area contributed by atoms with Crippen LogP contribution in [-0.2, 0) is 9.47 Å². The largest absolute Gasteiger partial charge is 0.465 e. The maximum absolute atomic E-state index is 11.4. The molecule has 114 valence electrons. The fourth-order valence-corrected chi connectivity index (χ4v) is 1.54. The van der Waals surface area contributed by atoms with Crippen LogP contribution < -0.4 is 5.32 Å². The Morgan fingerprint density at radius 1 is 1.29 bits per heavy atom. The number of alkyl carbamates (subject to hydrolysis) is 1. The number of esters is 1. The van der Waals surface area contributed by atoms with Crippen LogP contribution in [0.5, 0.6) is 0 Å². The van der Waals surface area contributed by atoms with Crippen LogP contribution in [0.3, 0.4) is 0 Å². The summed E-state index contributed by atoms with van der Waals surface area (Å²) in [7, 11) is 1.34. The molecular weight excluding hydrogens is 270 g/mol. The second-order valence-electron chi connectivity index (χ2n) is 5.40. The first-order valence-electron chi connectivity index (χ1n) is 6.63. The molecule has 1 rings (SSSR count). The lowest BCUT2D eigenvalue weighted by Gasteiger charge is -2.19. The Bertz CT molecular complexity index is 529. The Hall–Kier alpha value is -2.30. The van der Waals surface area contributed by atoms with Gasteiger partial charge in [0.05, 0.1) is 12.7 Å². The first-order valence-corrected chi connectivity index (χ1v) is 6.63. The van der Waals surface area contributed by atoms with Gasteiger partial charge in [0.2, 0.25) is 0 Å². The minimum absolute atomic E-state index is 0.345. The normalized spacial score (nSPS) is 11.2. The van der Waals surface area contributed by atoms with Crippen molar-refractivity contribution in [2.24, 2.45) is 0 Å². The van der Waals surface area contributed by atoms with Gasteiger partial charge in [0, 0.05) is 6.54 Å². The van der Waals surface area contributed by atoms with Crippen LogP contribution in [0, 0.1) is 0 Å². The fourth-order valence-electron chi connectivity index (χ4n) is 1.54. The smallest absolute Gasteiger partial charge is 0.407 e. The zero-order valence-corrected chi connectivity index (χ0v) is 12.8. The molecular formula is C16H21NO4. The average molecular weight is 291 g/mol. The monoisotopic (exact) mass is 291 g/mol. The number of carbonyl (C=O) groups excluding carboxylic acids is 2. The standard InChI is InChI=1S/C16H21NO4/c1-16(2,3)21-15(19)17-10-6-8-12-7-5-9-13(11-12)14(18)20-4/h5-9,11H,10H2,1-4H3,(H,17,19). The number of ether oxygens (including phenoxy) is 2. The predicted molar refractivity (Wildman–Crippen MR) is 81.1 cm³/mol. The minimum Gasteiger partial charge on any atom is -0.465 e. The molecule has 0 bridgehead atoms. The Balaban J connectivity index is 2.51.